The summed E-state index contributed by atoms with van der Waals surface area (Å²) in [6, 6.07) is 9.84. The molecule has 5 nitrogen and oxygen atoms in total. The summed E-state index contributed by atoms with van der Waals surface area (Å²) in [5.74, 6) is -0.270. The number of ether oxygens (including phenoxy) is 4. The van der Waals surface area contributed by atoms with Gasteiger partial charge in [0.2, 0.25) is 0 Å². The van der Waals surface area contributed by atoms with Gasteiger partial charge in [-0.2, -0.15) is 13.2 Å². The van der Waals surface area contributed by atoms with Crippen molar-refractivity contribution in [3.63, 3.8) is 0 Å². The van der Waals surface area contributed by atoms with E-state index in [2.05, 4.69) is 0 Å². The number of carbonyl (C=O) groups excluding carboxylic acids is 1. The van der Waals surface area contributed by atoms with Gasteiger partial charge in [-0.3, -0.25) is 4.79 Å². The highest BCUT2D eigenvalue weighted by Crippen LogP contribution is 2.42. The lowest BCUT2D eigenvalue weighted by Gasteiger charge is -2.27. The van der Waals surface area contributed by atoms with Gasteiger partial charge in [0.1, 0.15) is 0 Å². The van der Waals surface area contributed by atoms with Crippen molar-refractivity contribution in [2.24, 2.45) is 5.92 Å². The molecule has 1 saturated carbocycles. The molecule has 1 aliphatic rings. The van der Waals surface area contributed by atoms with Crippen LogP contribution in [-0.4, -0.2) is 40.4 Å². The first-order valence-electron chi connectivity index (χ1n) is 10.2. The molecular weight excluding hydrogens is 437 g/mol. The van der Waals surface area contributed by atoms with Crippen molar-refractivity contribution in [3.05, 3.63) is 58.7 Å². The average molecular weight is 462 g/mol. The van der Waals surface area contributed by atoms with Gasteiger partial charge in [-0.1, -0.05) is 12.1 Å². The largest absolute Gasteiger partial charge is 0.493 e. The lowest BCUT2D eigenvalue weighted by atomic mass is 9.79. The van der Waals surface area contributed by atoms with Gasteiger partial charge in [-0.15, -0.1) is 0 Å². The third-order valence-corrected chi connectivity index (χ3v) is 5.48. The van der Waals surface area contributed by atoms with Crippen LogP contribution in [0.2, 0.25) is 0 Å². The van der Waals surface area contributed by atoms with Crippen molar-refractivity contribution >= 4 is 17.9 Å². The summed E-state index contributed by atoms with van der Waals surface area (Å²) in [5.41, 5.74) is 1.26. The number of carbonyl (C=O) groups is 1. The highest BCUT2D eigenvalue weighted by molar-refractivity contribution is 6.14. The predicted molar refractivity (Wildman–Crippen MR) is 119 cm³/mol. The number of hydrogen-bond acceptors (Lipinski definition) is 5. The Kier molecular flexibility index (Phi) is 7.36. The normalized spacial score (nSPS) is 19.0. The van der Waals surface area contributed by atoms with Crippen LogP contribution in [0.4, 0.5) is 13.2 Å². The molecule has 0 unspecified atom stereocenters. The molecule has 0 aromatic heterocycles. The summed E-state index contributed by atoms with van der Waals surface area (Å²) in [7, 11) is 5.90. The number of benzene rings is 2. The number of rotatable bonds is 6. The topological polar surface area (TPSA) is 54.0 Å². The first-order chi connectivity index (χ1) is 15.7. The smallest absolute Gasteiger partial charge is 0.392 e. The molecule has 0 amide bonds. The van der Waals surface area contributed by atoms with Crippen molar-refractivity contribution in [3.8, 4) is 23.0 Å². The van der Waals surface area contributed by atoms with Gasteiger partial charge in [0.05, 0.1) is 34.4 Å². The van der Waals surface area contributed by atoms with E-state index >= 15 is 0 Å². The highest BCUT2D eigenvalue weighted by Gasteiger charge is 2.44. The molecule has 33 heavy (non-hydrogen) atoms. The van der Waals surface area contributed by atoms with Crippen molar-refractivity contribution in [2.75, 3.05) is 28.4 Å². The first kappa shape index (κ1) is 24.2. The van der Waals surface area contributed by atoms with Crippen molar-refractivity contribution < 1.29 is 36.9 Å². The zero-order chi connectivity index (χ0) is 24.2. The summed E-state index contributed by atoms with van der Waals surface area (Å²) in [6.07, 6.45) is -2.26. The summed E-state index contributed by atoms with van der Waals surface area (Å²) in [6.45, 7) is 0. The Hall–Kier alpha value is -3.42. The number of hydrogen-bond donors (Lipinski definition) is 0. The maximum Gasteiger partial charge on any atom is 0.392 e. The molecule has 2 aromatic rings. The molecule has 0 radical (unpaired) electrons. The summed E-state index contributed by atoms with van der Waals surface area (Å²) >= 11 is 0. The molecule has 0 bridgehead atoms. The Labute approximate surface area is 190 Å². The Morgan fingerprint density at radius 1 is 0.727 bits per heavy atom. The molecular formula is C25H25F3O5. The maximum absolute atomic E-state index is 13.7. The summed E-state index contributed by atoms with van der Waals surface area (Å²) in [5, 5.41) is 0. The Bertz CT molecular complexity index is 1010. The summed E-state index contributed by atoms with van der Waals surface area (Å²) in [4.78, 5) is 13.1. The lowest BCUT2D eigenvalue weighted by molar-refractivity contribution is -0.175. The zero-order valence-electron chi connectivity index (χ0n) is 18.8. The number of ketones is 1. The van der Waals surface area contributed by atoms with Crippen molar-refractivity contribution in [2.45, 2.75) is 19.0 Å². The Balaban J connectivity index is 2.03. The number of allylic oxidation sites excluding steroid dienone is 2. The van der Waals surface area contributed by atoms with E-state index in [1.165, 1.54) is 40.6 Å². The molecule has 0 spiro atoms. The third-order valence-electron chi connectivity index (χ3n) is 5.48. The predicted octanol–water partition coefficient (Wildman–Crippen LogP) is 5.73. The molecule has 0 atom stereocenters. The second-order valence-electron chi connectivity index (χ2n) is 7.54. The van der Waals surface area contributed by atoms with Crippen LogP contribution in [0.5, 0.6) is 23.0 Å². The molecule has 0 heterocycles. The van der Waals surface area contributed by atoms with Crippen LogP contribution in [0.3, 0.4) is 0 Å². The second kappa shape index (κ2) is 10.0. The number of alkyl halides is 3. The van der Waals surface area contributed by atoms with Gasteiger partial charge in [-0.05, 0) is 60.4 Å². The third kappa shape index (κ3) is 5.50. The molecule has 0 N–H and O–H groups in total. The van der Waals surface area contributed by atoms with E-state index in [1.807, 2.05) is 0 Å². The van der Waals surface area contributed by atoms with Crippen molar-refractivity contribution in [1.29, 1.82) is 0 Å². The van der Waals surface area contributed by atoms with Gasteiger partial charge >= 0.3 is 6.18 Å². The number of Topliss-reactive ketones (excluding diaryl/α,β-unsaturated/α-hetero) is 1. The zero-order valence-corrected chi connectivity index (χ0v) is 18.8. The number of halogens is 3. The van der Waals surface area contributed by atoms with Crippen LogP contribution in [0.15, 0.2) is 47.5 Å². The molecule has 2 aromatic carbocycles. The van der Waals surface area contributed by atoms with Crippen molar-refractivity contribution in [1.82, 2.24) is 0 Å². The van der Waals surface area contributed by atoms with Gasteiger partial charge in [-0.25, -0.2) is 0 Å². The molecule has 0 saturated heterocycles. The quantitative estimate of drug-likeness (QED) is 0.514. The standard InChI is InChI=1S/C25H25F3O5/c1-30-20-7-5-15(11-22(20)32-3)9-17-13-19(25(26,27)28)14-18(24(17)29)10-16-6-8-21(31-2)23(12-16)33-4/h5-12,19H,13-14H2,1-4H3/b17-9+,18-10+. The van der Waals surface area contributed by atoms with Gasteiger partial charge in [0.25, 0.3) is 0 Å². The Morgan fingerprint density at radius 2 is 1.12 bits per heavy atom. The maximum atomic E-state index is 13.7. The SMILES string of the molecule is COc1ccc(/C=C2\CC(C(F)(F)F)C/C(=C\c3ccc(OC)c(OC)c3)C2=O)cc1OC. The van der Waals surface area contributed by atoms with E-state index in [4.69, 9.17) is 18.9 Å². The minimum atomic E-state index is -4.44. The van der Waals surface area contributed by atoms with Crippen LogP contribution in [-0.2, 0) is 4.79 Å². The average Bonchev–Trinajstić information content (AvgIpc) is 2.80. The fourth-order valence-electron chi connectivity index (χ4n) is 3.76. The fraction of sp³-hybridized carbons (Fsp3) is 0.320. The number of methoxy groups -OCH3 is 4. The van der Waals surface area contributed by atoms with Gasteiger partial charge in [0.15, 0.2) is 28.8 Å². The van der Waals surface area contributed by atoms with E-state index < -0.39 is 17.9 Å². The van der Waals surface area contributed by atoms with Crippen LogP contribution in [0.1, 0.15) is 24.0 Å². The molecule has 176 valence electrons. The highest BCUT2D eigenvalue weighted by atomic mass is 19.4. The second-order valence-corrected chi connectivity index (χ2v) is 7.54. The van der Waals surface area contributed by atoms with Crippen LogP contribution in [0, 0.1) is 5.92 Å². The lowest BCUT2D eigenvalue weighted by Crippen LogP contribution is -2.30. The minimum Gasteiger partial charge on any atom is -0.493 e. The fourth-order valence-corrected chi connectivity index (χ4v) is 3.76. The van der Waals surface area contributed by atoms with E-state index in [1.54, 1.807) is 36.4 Å². The first-order valence-corrected chi connectivity index (χ1v) is 10.2. The molecule has 0 aliphatic heterocycles. The monoisotopic (exact) mass is 462 g/mol. The van der Waals surface area contributed by atoms with Crippen LogP contribution in [0.25, 0.3) is 12.2 Å². The van der Waals surface area contributed by atoms with Gasteiger partial charge in [0, 0.05) is 11.1 Å². The Morgan fingerprint density at radius 3 is 1.45 bits per heavy atom. The molecule has 1 aliphatic carbocycles. The van der Waals surface area contributed by atoms with E-state index in [0.29, 0.717) is 34.1 Å². The van der Waals surface area contributed by atoms with Crippen LogP contribution < -0.4 is 18.9 Å². The van der Waals surface area contributed by atoms with Gasteiger partial charge < -0.3 is 18.9 Å². The molecule has 3 rings (SSSR count). The summed E-state index contributed by atoms with van der Waals surface area (Å²) < 4.78 is 62.0. The van der Waals surface area contributed by atoms with Crippen LogP contribution >= 0.6 is 0 Å². The van der Waals surface area contributed by atoms with E-state index in [0.717, 1.165) is 0 Å². The van der Waals surface area contributed by atoms with E-state index in [9.17, 15) is 18.0 Å². The molecule has 1 fully saturated rings. The van der Waals surface area contributed by atoms with E-state index in [-0.39, 0.29) is 24.0 Å². The minimum absolute atomic E-state index is 0.0857. The molecule has 8 heteroatoms.